The Hall–Kier alpha value is -9.07. The first-order chi connectivity index (χ1) is 40.9. The van der Waals surface area contributed by atoms with Crippen LogP contribution in [0.1, 0.15) is 121 Å². The van der Waals surface area contributed by atoms with E-state index in [-0.39, 0.29) is 90.9 Å². The minimum absolute atomic E-state index is 0.187. The second-order valence-corrected chi connectivity index (χ2v) is 25.4. The van der Waals surface area contributed by atoms with Crippen molar-refractivity contribution in [3.05, 3.63) is 109 Å². The van der Waals surface area contributed by atoms with Gasteiger partial charge in [-0.1, -0.05) is 0 Å². The van der Waals surface area contributed by atoms with Crippen molar-refractivity contribution in [1.29, 1.82) is 0 Å². The van der Waals surface area contributed by atoms with Crippen molar-refractivity contribution < 1.29 is 89.6 Å². The third-order valence-electron chi connectivity index (χ3n) is 21.8. The molecule has 20 heteroatoms. The first-order valence-electron chi connectivity index (χ1n) is 28.4. The number of hydrogen-bond donors (Lipinski definition) is 0. The van der Waals surface area contributed by atoms with Crippen molar-refractivity contribution in [3.8, 4) is 74.7 Å². The number of methoxy groups -OCH3 is 5. The summed E-state index contributed by atoms with van der Waals surface area (Å²) in [7, 11) is 7.43. The number of furan rings is 1. The van der Waals surface area contributed by atoms with Gasteiger partial charge in [-0.3, -0.25) is 24.0 Å². The molecule has 0 bridgehead atoms. The Morgan fingerprint density at radius 3 is 1.11 bits per heavy atom. The number of aryl methyl sites for hydroxylation is 1. The molecule has 2 aromatic heterocycles. The van der Waals surface area contributed by atoms with E-state index in [4.69, 9.17) is 70.4 Å². The second-order valence-electron chi connectivity index (χ2n) is 25.4. The highest BCUT2D eigenvalue weighted by Crippen LogP contribution is 2.74. The van der Waals surface area contributed by atoms with Crippen LogP contribution in [0.15, 0.2) is 62.4 Å². The van der Waals surface area contributed by atoms with Gasteiger partial charge in [0.1, 0.15) is 144 Å². The lowest BCUT2D eigenvalue weighted by atomic mass is 9.52. The number of ketones is 4. The predicted molar refractivity (Wildman–Crippen MR) is 292 cm³/mol. The Morgan fingerprint density at radius 1 is 0.400 bits per heavy atom. The standard InChI is InChI=1S/C65H50O20/c1-19-13-21(66)32-23(77-19)15-24-33(54(32)72-7)41-46-50(68)38-29(83-63(46,3)58(41)78-24)17-26-35(56(38)74-9)43-48-52(70)40-31(85-65(48,5)60(43)80-26)18-27-36(57(40)75-10)44-47-51(69)39-30(84-64(47,4)61(44)81-27)16-25-34(55(39)73-8)42-45-49(67)37-28(82-62(45,2)59(42)79-25)14-22-20(11-12-76-22)53(37)71-6/h11-18,41-48,58-61H,1-10H3. The van der Waals surface area contributed by atoms with Crippen LogP contribution in [0.3, 0.4) is 0 Å². The summed E-state index contributed by atoms with van der Waals surface area (Å²) in [6.07, 6.45) is -1.11. The molecule has 12 aliphatic rings. The molecule has 7 aromatic rings. The van der Waals surface area contributed by atoms with Gasteiger partial charge in [0.2, 0.25) is 0 Å². The number of ether oxygens (including phenoxy) is 13. The van der Waals surface area contributed by atoms with E-state index in [1.165, 1.54) is 47.9 Å². The number of benzene rings is 5. The van der Waals surface area contributed by atoms with Crippen LogP contribution in [-0.4, -0.2) is 106 Å². The molecule has 5 aromatic carbocycles. The van der Waals surface area contributed by atoms with Crippen LogP contribution >= 0.6 is 0 Å². The lowest BCUT2D eigenvalue weighted by Crippen LogP contribution is -2.71. The van der Waals surface area contributed by atoms with Crippen LogP contribution < -0.4 is 67.0 Å². The Morgan fingerprint density at radius 2 is 0.729 bits per heavy atom. The summed E-state index contributed by atoms with van der Waals surface area (Å²) in [5, 5.41) is 0.895. The zero-order valence-electron chi connectivity index (χ0n) is 47.2. The minimum atomic E-state index is -1.21. The maximum atomic E-state index is 15.7. The lowest BCUT2D eigenvalue weighted by molar-refractivity contribution is -0.145. The van der Waals surface area contributed by atoms with Crippen LogP contribution in [0.25, 0.3) is 21.9 Å². The van der Waals surface area contributed by atoms with E-state index in [0.29, 0.717) is 84.6 Å². The van der Waals surface area contributed by atoms with Gasteiger partial charge in [0.25, 0.3) is 0 Å². The molecule has 0 radical (unpaired) electrons. The molecule has 8 aliphatic heterocycles. The summed E-state index contributed by atoms with van der Waals surface area (Å²) in [5.74, 6) is -2.10. The topological polar surface area (TPSA) is 232 Å². The Labute approximate surface area is 481 Å². The zero-order chi connectivity index (χ0) is 58.1. The van der Waals surface area contributed by atoms with E-state index in [0.717, 1.165) is 0 Å². The number of carbonyl (C=O) groups is 4. The van der Waals surface area contributed by atoms with Crippen LogP contribution in [-0.2, 0) is 0 Å². The van der Waals surface area contributed by atoms with Crippen LogP contribution in [0, 0.1) is 30.6 Å². The molecule has 19 rings (SSSR count). The number of rotatable bonds is 5. The minimum Gasteiger partial charge on any atom is -0.495 e. The maximum absolute atomic E-state index is 15.7. The van der Waals surface area contributed by atoms with Crippen molar-refractivity contribution in [2.24, 2.45) is 23.7 Å². The quantitative estimate of drug-likeness (QED) is 0.156. The van der Waals surface area contributed by atoms with Gasteiger partial charge in [0, 0.05) is 82.3 Å². The van der Waals surface area contributed by atoms with Crippen molar-refractivity contribution >= 4 is 45.1 Å². The van der Waals surface area contributed by atoms with E-state index in [9.17, 15) is 9.59 Å². The number of hydrogen-bond acceptors (Lipinski definition) is 20. The van der Waals surface area contributed by atoms with E-state index in [2.05, 4.69) is 0 Å². The lowest BCUT2D eigenvalue weighted by Gasteiger charge is -2.57. The molecule has 0 spiro atoms. The first kappa shape index (κ1) is 48.3. The van der Waals surface area contributed by atoms with Gasteiger partial charge in [-0.05, 0) is 40.7 Å². The van der Waals surface area contributed by atoms with Gasteiger partial charge in [0.05, 0.1) is 70.9 Å². The van der Waals surface area contributed by atoms with Gasteiger partial charge in [-0.25, -0.2) is 0 Å². The average molecular weight is 1150 g/mol. The molecule has 85 heavy (non-hydrogen) atoms. The fraction of sp³-hybridized carbons (Fsp3) is 0.400. The third-order valence-corrected chi connectivity index (χ3v) is 21.8. The van der Waals surface area contributed by atoms with Crippen molar-refractivity contribution in [2.45, 2.75) is 105 Å². The van der Waals surface area contributed by atoms with Gasteiger partial charge in [0.15, 0.2) is 51.0 Å². The average Bonchev–Trinajstić information content (AvgIpc) is 1.60. The van der Waals surface area contributed by atoms with Gasteiger partial charge >= 0.3 is 0 Å². The smallest absolute Gasteiger partial charge is 0.196 e. The zero-order valence-corrected chi connectivity index (χ0v) is 47.2. The predicted octanol–water partition coefficient (Wildman–Crippen LogP) is 8.92. The molecule has 4 fully saturated rings. The summed E-state index contributed by atoms with van der Waals surface area (Å²) in [6, 6.07) is 11.6. The van der Waals surface area contributed by atoms with E-state index in [1.807, 2.05) is 27.7 Å². The summed E-state index contributed by atoms with van der Waals surface area (Å²) >= 11 is 0. The Kier molecular flexibility index (Phi) is 8.35. The fourth-order valence-electron chi connectivity index (χ4n) is 18.4. The van der Waals surface area contributed by atoms with E-state index >= 15 is 14.4 Å². The summed E-state index contributed by atoms with van der Waals surface area (Å²) in [5.41, 5.74) is -0.948. The summed E-state index contributed by atoms with van der Waals surface area (Å²) < 4.78 is 96.4. The normalized spacial score (nSPS) is 35.1. The molecule has 20 nitrogen and oxygen atoms in total. The number of fused-ring (bicyclic) bond motifs is 30. The molecular formula is C65H50O20. The second kappa shape index (κ2) is 14.7. The third kappa shape index (κ3) is 4.98. The molecule has 16 atom stereocenters. The summed E-state index contributed by atoms with van der Waals surface area (Å²) in [6.45, 7) is 9.07. The molecule has 16 unspecified atom stereocenters. The fourth-order valence-corrected chi connectivity index (χ4v) is 18.4. The molecule has 0 saturated heterocycles. The maximum Gasteiger partial charge on any atom is 0.196 e. The van der Waals surface area contributed by atoms with E-state index in [1.54, 1.807) is 43.3 Å². The highest BCUT2D eigenvalue weighted by atomic mass is 16.6. The monoisotopic (exact) mass is 1150 g/mol. The first-order valence-corrected chi connectivity index (χ1v) is 28.4. The van der Waals surface area contributed by atoms with Crippen LogP contribution in [0.5, 0.6) is 74.7 Å². The van der Waals surface area contributed by atoms with Gasteiger partial charge < -0.3 is 70.4 Å². The number of carbonyl (C=O) groups excluding carboxylic acids is 4. The molecule has 430 valence electrons. The van der Waals surface area contributed by atoms with Crippen molar-refractivity contribution in [1.82, 2.24) is 0 Å². The Balaban J connectivity index is 0.663. The molecule has 0 N–H and O–H groups in total. The van der Waals surface area contributed by atoms with Crippen molar-refractivity contribution in [3.63, 3.8) is 0 Å². The van der Waals surface area contributed by atoms with Crippen molar-refractivity contribution in [2.75, 3.05) is 35.5 Å². The van der Waals surface area contributed by atoms with Crippen LogP contribution in [0.4, 0.5) is 0 Å². The molecule has 10 heterocycles. The van der Waals surface area contributed by atoms with Crippen LogP contribution in [0.2, 0.25) is 0 Å². The highest BCUT2D eigenvalue weighted by Gasteiger charge is 2.78. The van der Waals surface area contributed by atoms with Gasteiger partial charge in [-0.15, -0.1) is 0 Å². The van der Waals surface area contributed by atoms with E-state index < -0.39 is 94.2 Å². The molecular weight excluding hydrogens is 1100 g/mol. The number of Topliss-reactive ketones (excluding diaryl/α,β-unsaturated/α-hetero) is 4. The molecule has 4 aliphatic carbocycles. The SMILES string of the molecule is COc1c2c(cc3c1C1C(O3)C3(C)Oc4cc5c(c(OC)c4C(=O)C13)C1C(O5)C3(C)Oc4cc5occc5c(OC)c4C(=O)C13)OC1(C)C3Oc4cc5c(c(OC)c4C3C1C2=O)C(=O)C1C2c3c(cc4oc(C)cc(=O)c4c3OC)OC2C1(C)O5. The molecule has 0 amide bonds. The highest BCUT2D eigenvalue weighted by molar-refractivity contribution is 6.13. The Bertz CT molecular complexity index is 4570. The molecule has 4 saturated carbocycles. The van der Waals surface area contributed by atoms with Gasteiger partial charge in [-0.2, -0.15) is 0 Å². The largest absolute Gasteiger partial charge is 0.495 e. The summed E-state index contributed by atoms with van der Waals surface area (Å²) in [4.78, 5) is 74.9.